The van der Waals surface area contributed by atoms with Crippen molar-refractivity contribution < 1.29 is 9.18 Å². The molecule has 0 radical (unpaired) electrons. The van der Waals surface area contributed by atoms with Gasteiger partial charge in [-0.2, -0.15) is 0 Å². The normalized spacial score (nSPS) is 20.9. The van der Waals surface area contributed by atoms with Gasteiger partial charge in [0.05, 0.1) is 5.92 Å². The lowest BCUT2D eigenvalue weighted by molar-refractivity contribution is -0.109. The van der Waals surface area contributed by atoms with Crippen LogP contribution in [0.15, 0.2) is 54.6 Å². The van der Waals surface area contributed by atoms with Gasteiger partial charge in [0, 0.05) is 5.92 Å². The summed E-state index contributed by atoms with van der Waals surface area (Å²) in [5.41, 5.74) is 2.77. The lowest BCUT2D eigenvalue weighted by Crippen LogP contribution is -2.15. The van der Waals surface area contributed by atoms with Crippen molar-refractivity contribution in [2.24, 2.45) is 0 Å². The lowest BCUT2D eigenvalue weighted by Gasteiger charge is -2.26. The van der Waals surface area contributed by atoms with Gasteiger partial charge in [0.15, 0.2) is 0 Å². The van der Waals surface area contributed by atoms with E-state index in [0.717, 1.165) is 23.0 Å². The first-order valence-corrected chi connectivity index (χ1v) is 6.27. The summed E-state index contributed by atoms with van der Waals surface area (Å²) in [6.07, 6.45) is 4.90. The van der Waals surface area contributed by atoms with Crippen molar-refractivity contribution >= 4 is 12.4 Å². The van der Waals surface area contributed by atoms with E-state index in [1.54, 1.807) is 6.07 Å². The third kappa shape index (κ3) is 2.10. The Morgan fingerprint density at radius 2 is 1.84 bits per heavy atom. The highest BCUT2D eigenvalue weighted by molar-refractivity contribution is 5.73. The van der Waals surface area contributed by atoms with Crippen molar-refractivity contribution in [1.29, 1.82) is 0 Å². The van der Waals surface area contributed by atoms with Crippen LogP contribution in [0.25, 0.3) is 6.08 Å². The van der Waals surface area contributed by atoms with E-state index in [4.69, 9.17) is 0 Å². The van der Waals surface area contributed by atoms with E-state index in [1.807, 2.05) is 42.5 Å². The second-order valence-corrected chi connectivity index (χ2v) is 4.73. The van der Waals surface area contributed by atoms with E-state index < -0.39 is 0 Å². The van der Waals surface area contributed by atoms with Gasteiger partial charge in [0.2, 0.25) is 0 Å². The molecule has 2 aromatic carbocycles. The predicted octanol–water partition coefficient (Wildman–Crippen LogP) is 3.92. The molecular formula is C17H13FO. The molecule has 0 N–H and O–H groups in total. The first kappa shape index (κ1) is 11.8. The smallest absolute Gasteiger partial charge is 0.128 e. The molecule has 0 saturated carbocycles. The third-order valence-corrected chi connectivity index (χ3v) is 3.61. The second kappa shape index (κ2) is 4.81. The number of allylic oxidation sites excluding steroid dienone is 1. The number of benzene rings is 2. The summed E-state index contributed by atoms with van der Waals surface area (Å²) in [6, 6.07) is 14.4. The molecule has 3 rings (SSSR count). The molecule has 0 bridgehead atoms. The van der Waals surface area contributed by atoms with Gasteiger partial charge in [-0.15, -0.1) is 0 Å². The highest BCUT2D eigenvalue weighted by atomic mass is 19.1. The SMILES string of the molecule is O=C[C@H]1c2cc(F)ccc2C=C[C@@H]1c1ccccc1. The Hall–Kier alpha value is -2.22. The molecule has 0 aromatic heterocycles. The number of carbonyl (C=O) groups is 1. The Balaban J connectivity index is 2.09. The molecule has 1 aliphatic carbocycles. The van der Waals surface area contributed by atoms with Gasteiger partial charge in [-0.3, -0.25) is 0 Å². The molecule has 94 valence electrons. The van der Waals surface area contributed by atoms with E-state index in [9.17, 15) is 9.18 Å². The molecule has 2 atom stereocenters. The summed E-state index contributed by atoms with van der Waals surface area (Å²) in [5.74, 6) is -0.640. The molecule has 0 spiro atoms. The van der Waals surface area contributed by atoms with Gasteiger partial charge >= 0.3 is 0 Å². The summed E-state index contributed by atoms with van der Waals surface area (Å²) in [4.78, 5) is 11.5. The second-order valence-electron chi connectivity index (χ2n) is 4.73. The molecule has 0 aliphatic heterocycles. The van der Waals surface area contributed by atoms with Crippen LogP contribution in [-0.2, 0) is 4.79 Å². The van der Waals surface area contributed by atoms with Crippen LogP contribution in [0, 0.1) is 5.82 Å². The van der Waals surface area contributed by atoms with Crippen LogP contribution in [0.4, 0.5) is 4.39 Å². The Morgan fingerprint density at radius 3 is 2.58 bits per heavy atom. The lowest BCUT2D eigenvalue weighted by atomic mass is 9.77. The van der Waals surface area contributed by atoms with Crippen LogP contribution >= 0.6 is 0 Å². The van der Waals surface area contributed by atoms with E-state index in [2.05, 4.69) is 0 Å². The Kier molecular flexibility index (Phi) is 3.00. The fourth-order valence-corrected chi connectivity index (χ4v) is 2.66. The number of aldehydes is 1. The Morgan fingerprint density at radius 1 is 1.05 bits per heavy atom. The number of fused-ring (bicyclic) bond motifs is 1. The molecular weight excluding hydrogens is 239 g/mol. The largest absolute Gasteiger partial charge is 0.303 e. The number of rotatable bonds is 2. The summed E-state index contributed by atoms with van der Waals surface area (Å²) in [7, 11) is 0. The van der Waals surface area contributed by atoms with E-state index in [-0.39, 0.29) is 17.7 Å². The first-order chi connectivity index (χ1) is 9.29. The summed E-state index contributed by atoms with van der Waals surface area (Å²) >= 11 is 0. The van der Waals surface area contributed by atoms with Gasteiger partial charge in [-0.05, 0) is 28.8 Å². The molecule has 2 aromatic rings. The van der Waals surface area contributed by atoms with Crippen molar-refractivity contribution in [3.05, 3.63) is 77.1 Å². The van der Waals surface area contributed by atoms with Gasteiger partial charge in [0.25, 0.3) is 0 Å². The van der Waals surface area contributed by atoms with Crippen molar-refractivity contribution in [2.75, 3.05) is 0 Å². The summed E-state index contributed by atoms with van der Waals surface area (Å²) in [6.45, 7) is 0. The highest BCUT2D eigenvalue weighted by Gasteiger charge is 2.27. The van der Waals surface area contributed by atoms with Crippen LogP contribution in [0.1, 0.15) is 28.5 Å². The average Bonchev–Trinajstić information content (AvgIpc) is 2.46. The van der Waals surface area contributed by atoms with Crippen molar-refractivity contribution in [2.45, 2.75) is 11.8 Å². The molecule has 1 nitrogen and oxygen atoms in total. The fraction of sp³-hybridized carbons (Fsp3) is 0.118. The number of carbonyl (C=O) groups excluding carboxylic acids is 1. The maximum atomic E-state index is 13.4. The van der Waals surface area contributed by atoms with Gasteiger partial charge in [-0.25, -0.2) is 4.39 Å². The zero-order chi connectivity index (χ0) is 13.2. The van der Waals surface area contributed by atoms with Gasteiger partial charge in [0.1, 0.15) is 12.1 Å². The average molecular weight is 252 g/mol. The maximum Gasteiger partial charge on any atom is 0.128 e. The van der Waals surface area contributed by atoms with Crippen LogP contribution in [0.2, 0.25) is 0 Å². The maximum absolute atomic E-state index is 13.4. The van der Waals surface area contributed by atoms with Crippen molar-refractivity contribution in [1.82, 2.24) is 0 Å². The molecule has 0 amide bonds. The minimum Gasteiger partial charge on any atom is -0.303 e. The van der Waals surface area contributed by atoms with Crippen LogP contribution in [0.3, 0.4) is 0 Å². The van der Waals surface area contributed by atoms with Crippen LogP contribution < -0.4 is 0 Å². The van der Waals surface area contributed by atoms with Crippen LogP contribution in [0.5, 0.6) is 0 Å². The standard InChI is InChI=1S/C17H13FO/c18-14-8-6-13-7-9-15(12-4-2-1-3-5-12)17(11-19)16(13)10-14/h1-11,15,17H/t15-,17-/m1/s1. The number of hydrogen-bond donors (Lipinski definition) is 0. The van der Waals surface area contributed by atoms with Crippen molar-refractivity contribution in [3.8, 4) is 0 Å². The van der Waals surface area contributed by atoms with Crippen LogP contribution in [-0.4, -0.2) is 6.29 Å². The molecule has 0 saturated heterocycles. The molecule has 2 heteroatoms. The Labute approximate surface area is 111 Å². The molecule has 1 aliphatic rings. The number of halogens is 1. The molecule has 19 heavy (non-hydrogen) atoms. The molecule has 0 heterocycles. The highest BCUT2D eigenvalue weighted by Crippen LogP contribution is 2.39. The quantitative estimate of drug-likeness (QED) is 0.740. The minimum absolute atomic E-state index is 0.0204. The molecule has 0 fully saturated rings. The summed E-state index contributed by atoms with van der Waals surface area (Å²) < 4.78 is 13.4. The Bertz CT molecular complexity index is 631. The first-order valence-electron chi connectivity index (χ1n) is 6.27. The monoisotopic (exact) mass is 252 g/mol. The fourth-order valence-electron chi connectivity index (χ4n) is 2.66. The predicted molar refractivity (Wildman–Crippen MR) is 73.4 cm³/mol. The molecule has 0 unspecified atom stereocenters. The van der Waals surface area contributed by atoms with E-state index in [1.165, 1.54) is 12.1 Å². The van der Waals surface area contributed by atoms with Crippen molar-refractivity contribution in [3.63, 3.8) is 0 Å². The van der Waals surface area contributed by atoms with E-state index in [0.29, 0.717) is 0 Å². The zero-order valence-corrected chi connectivity index (χ0v) is 10.3. The third-order valence-electron chi connectivity index (χ3n) is 3.61. The van der Waals surface area contributed by atoms with Gasteiger partial charge < -0.3 is 4.79 Å². The van der Waals surface area contributed by atoms with E-state index >= 15 is 0 Å². The summed E-state index contributed by atoms with van der Waals surface area (Å²) in [5, 5.41) is 0. The van der Waals surface area contributed by atoms with Gasteiger partial charge in [-0.1, -0.05) is 48.6 Å². The minimum atomic E-state index is -0.321. The topological polar surface area (TPSA) is 17.1 Å². The number of hydrogen-bond acceptors (Lipinski definition) is 1. The zero-order valence-electron chi connectivity index (χ0n) is 10.3.